The number of carbonyl (C=O) groups excluding carboxylic acids is 2. The Hall–Kier alpha value is -1.55. The van der Waals surface area contributed by atoms with Crippen molar-refractivity contribution < 1.29 is 9.59 Å². The number of rotatable bonds is 5. The van der Waals surface area contributed by atoms with Crippen molar-refractivity contribution in [2.75, 3.05) is 17.7 Å². The summed E-state index contributed by atoms with van der Waals surface area (Å²) in [4.78, 5) is 22.9. The summed E-state index contributed by atoms with van der Waals surface area (Å²) in [7, 11) is 0. The maximum Gasteiger partial charge on any atom is 0.251 e. The van der Waals surface area contributed by atoms with Crippen molar-refractivity contribution in [2.24, 2.45) is 0 Å². The maximum absolute atomic E-state index is 11.6. The van der Waals surface area contributed by atoms with Crippen LogP contribution in [0.2, 0.25) is 0 Å². The van der Waals surface area contributed by atoms with Gasteiger partial charge in [0.1, 0.15) is 0 Å². The Morgan fingerprint density at radius 3 is 2.76 bits per heavy atom. The molecule has 1 rings (SSSR count). The number of alkyl halides is 1. The summed E-state index contributed by atoms with van der Waals surface area (Å²) in [5.41, 5.74) is 1.12. The Labute approximate surface area is 105 Å². The molecule has 92 valence electrons. The first kappa shape index (κ1) is 13.5. The average molecular weight is 255 g/mol. The molecule has 1 aromatic rings. The zero-order chi connectivity index (χ0) is 12.7. The minimum absolute atomic E-state index is 0.152. The molecule has 0 aliphatic heterocycles. The highest BCUT2D eigenvalue weighted by molar-refractivity contribution is 6.19. The minimum atomic E-state index is -0.159. The van der Waals surface area contributed by atoms with Crippen LogP contribution < -0.4 is 10.6 Å². The zero-order valence-electron chi connectivity index (χ0n) is 9.63. The lowest BCUT2D eigenvalue weighted by molar-refractivity contribution is -0.115. The van der Waals surface area contributed by atoms with E-state index >= 15 is 0 Å². The molecule has 2 amide bonds. The molecule has 0 unspecified atom stereocenters. The highest BCUT2D eigenvalue weighted by Crippen LogP contribution is 2.11. The molecule has 0 bridgehead atoms. The summed E-state index contributed by atoms with van der Waals surface area (Å²) < 4.78 is 0. The molecule has 0 saturated carbocycles. The monoisotopic (exact) mass is 254 g/mol. The number of hydrogen-bond acceptors (Lipinski definition) is 2. The smallest absolute Gasteiger partial charge is 0.251 e. The quantitative estimate of drug-likeness (QED) is 0.790. The Bertz CT molecular complexity index is 407. The molecule has 0 radical (unpaired) electrons. The molecule has 0 aliphatic rings. The Kier molecular flexibility index (Phi) is 5.49. The van der Waals surface area contributed by atoms with Gasteiger partial charge in [0.05, 0.1) is 0 Å². The third kappa shape index (κ3) is 4.44. The first-order valence-corrected chi connectivity index (χ1v) is 5.95. The largest absolute Gasteiger partial charge is 0.352 e. The van der Waals surface area contributed by atoms with Gasteiger partial charge in [-0.25, -0.2) is 0 Å². The number of amides is 2. The van der Waals surface area contributed by atoms with E-state index in [9.17, 15) is 9.59 Å². The molecule has 5 heteroatoms. The van der Waals surface area contributed by atoms with Gasteiger partial charge in [-0.3, -0.25) is 9.59 Å². The van der Waals surface area contributed by atoms with Crippen LogP contribution in [0.3, 0.4) is 0 Å². The molecule has 0 fully saturated rings. The van der Waals surface area contributed by atoms with Gasteiger partial charge in [-0.05, 0) is 25.1 Å². The summed E-state index contributed by atoms with van der Waals surface area (Å²) >= 11 is 5.46. The standard InChI is InChI=1S/C12H15ClN2O2/c1-2-14-12(17)9-4-3-5-10(8-9)15-11(16)6-7-13/h3-5,8H,2,6-7H2,1H3,(H,14,17)(H,15,16). The predicted octanol–water partition coefficient (Wildman–Crippen LogP) is 2.00. The van der Waals surface area contributed by atoms with E-state index in [1.54, 1.807) is 24.3 Å². The van der Waals surface area contributed by atoms with Gasteiger partial charge in [0.2, 0.25) is 5.91 Å². The summed E-state index contributed by atoms with van der Waals surface area (Å²) in [6, 6.07) is 6.79. The number of carbonyl (C=O) groups is 2. The van der Waals surface area contributed by atoms with E-state index in [2.05, 4.69) is 10.6 Å². The second-order valence-corrected chi connectivity index (χ2v) is 3.81. The summed E-state index contributed by atoms with van der Waals surface area (Å²) in [6.45, 7) is 2.42. The van der Waals surface area contributed by atoms with Gasteiger partial charge in [0, 0.05) is 30.1 Å². The van der Waals surface area contributed by atoms with E-state index < -0.39 is 0 Å². The fraction of sp³-hybridized carbons (Fsp3) is 0.333. The maximum atomic E-state index is 11.6. The molecule has 0 aliphatic carbocycles. The van der Waals surface area contributed by atoms with E-state index in [-0.39, 0.29) is 24.1 Å². The van der Waals surface area contributed by atoms with Crippen LogP contribution >= 0.6 is 11.6 Å². The van der Waals surface area contributed by atoms with E-state index in [4.69, 9.17) is 11.6 Å². The normalized spacial score (nSPS) is 9.76. The van der Waals surface area contributed by atoms with Crippen molar-refractivity contribution in [3.63, 3.8) is 0 Å². The van der Waals surface area contributed by atoms with Gasteiger partial charge in [0.15, 0.2) is 0 Å². The molecule has 1 aromatic carbocycles. The second kappa shape index (κ2) is 6.91. The van der Waals surface area contributed by atoms with E-state index in [0.29, 0.717) is 17.8 Å². The van der Waals surface area contributed by atoms with Gasteiger partial charge < -0.3 is 10.6 Å². The third-order valence-corrected chi connectivity index (χ3v) is 2.26. The highest BCUT2D eigenvalue weighted by atomic mass is 35.5. The zero-order valence-corrected chi connectivity index (χ0v) is 10.4. The third-order valence-electron chi connectivity index (χ3n) is 2.07. The number of nitrogens with one attached hydrogen (secondary N) is 2. The van der Waals surface area contributed by atoms with Crippen LogP contribution in [0.25, 0.3) is 0 Å². The van der Waals surface area contributed by atoms with Crippen molar-refractivity contribution >= 4 is 29.1 Å². The number of hydrogen-bond donors (Lipinski definition) is 2. The van der Waals surface area contributed by atoms with Crippen molar-refractivity contribution in [3.8, 4) is 0 Å². The molecule has 4 nitrogen and oxygen atoms in total. The fourth-order valence-corrected chi connectivity index (χ4v) is 1.48. The Morgan fingerprint density at radius 1 is 1.35 bits per heavy atom. The van der Waals surface area contributed by atoms with Crippen molar-refractivity contribution in [2.45, 2.75) is 13.3 Å². The SMILES string of the molecule is CCNC(=O)c1cccc(NC(=O)CCCl)c1. The summed E-state index contributed by atoms with van der Waals surface area (Å²) in [5.74, 6) is -0.0315. The van der Waals surface area contributed by atoms with Crippen molar-refractivity contribution in [1.82, 2.24) is 5.32 Å². The van der Waals surface area contributed by atoms with E-state index in [0.717, 1.165) is 0 Å². The highest BCUT2D eigenvalue weighted by Gasteiger charge is 2.06. The Morgan fingerprint density at radius 2 is 2.12 bits per heavy atom. The van der Waals surface area contributed by atoms with Crippen LogP contribution in [-0.4, -0.2) is 24.2 Å². The second-order valence-electron chi connectivity index (χ2n) is 3.43. The van der Waals surface area contributed by atoms with E-state index in [1.165, 1.54) is 0 Å². The first-order valence-electron chi connectivity index (χ1n) is 5.41. The number of benzene rings is 1. The lowest BCUT2D eigenvalue weighted by atomic mass is 10.2. The van der Waals surface area contributed by atoms with E-state index in [1.807, 2.05) is 6.92 Å². The van der Waals surface area contributed by atoms with Crippen LogP contribution in [0.1, 0.15) is 23.7 Å². The van der Waals surface area contributed by atoms with Crippen molar-refractivity contribution in [1.29, 1.82) is 0 Å². The molecule has 17 heavy (non-hydrogen) atoms. The van der Waals surface area contributed by atoms with Crippen LogP contribution in [0.15, 0.2) is 24.3 Å². The lowest BCUT2D eigenvalue weighted by Gasteiger charge is -2.06. The van der Waals surface area contributed by atoms with Crippen LogP contribution in [-0.2, 0) is 4.79 Å². The Balaban J connectivity index is 2.72. The molecule has 0 spiro atoms. The van der Waals surface area contributed by atoms with Gasteiger partial charge >= 0.3 is 0 Å². The van der Waals surface area contributed by atoms with Gasteiger partial charge in [0.25, 0.3) is 5.91 Å². The van der Waals surface area contributed by atoms with Crippen molar-refractivity contribution in [3.05, 3.63) is 29.8 Å². The number of halogens is 1. The van der Waals surface area contributed by atoms with Gasteiger partial charge in [-0.2, -0.15) is 0 Å². The summed E-state index contributed by atoms with van der Waals surface area (Å²) in [5, 5.41) is 5.37. The first-order chi connectivity index (χ1) is 8.17. The summed E-state index contributed by atoms with van der Waals surface area (Å²) in [6.07, 6.45) is 0.257. The predicted molar refractivity (Wildman–Crippen MR) is 68.4 cm³/mol. The molecule has 2 N–H and O–H groups in total. The lowest BCUT2D eigenvalue weighted by Crippen LogP contribution is -2.22. The average Bonchev–Trinajstić information content (AvgIpc) is 2.30. The molecule has 0 atom stereocenters. The number of anilines is 1. The molecule has 0 heterocycles. The molecular weight excluding hydrogens is 240 g/mol. The molecule has 0 saturated heterocycles. The minimum Gasteiger partial charge on any atom is -0.352 e. The van der Waals surface area contributed by atoms with Gasteiger partial charge in [-0.1, -0.05) is 6.07 Å². The molecule has 0 aromatic heterocycles. The van der Waals surface area contributed by atoms with Crippen LogP contribution in [0.4, 0.5) is 5.69 Å². The van der Waals surface area contributed by atoms with Gasteiger partial charge in [-0.15, -0.1) is 11.6 Å². The molecular formula is C12H15ClN2O2. The fourth-order valence-electron chi connectivity index (χ4n) is 1.31. The topological polar surface area (TPSA) is 58.2 Å². The van der Waals surface area contributed by atoms with Crippen LogP contribution in [0, 0.1) is 0 Å². The van der Waals surface area contributed by atoms with Crippen LogP contribution in [0.5, 0.6) is 0 Å².